The fraction of sp³-hybridized carbons (Fsp3) is 0.438. The topological polar surface area (TPSA) is 77.1 Å². The van der Waals surface area contributed by atoms with Gasteiger partial charge in [-0.05, 0) is 44.0 Å². The fourth-order valence-corrected chi connectivity index (χ4v) is 2.75. The first-order chi connectivity index (χ1) is 11.6. The van der Waals surface area contributed by atoms with Crippen LogP contribution in [0.2, 0.25) is 5.02 Å². The number of carbonyl (C=O) groups is 1. The first-order valence-corrected chi connectivity index (χ1v) is 9.03. The van der Waals surface area contributed by atoms with E-state index in [-0.39, 0.29) is 5.97 Å². The summed E-state index contributed by atoms with van der Waals surface area (Å²) in [6.07, 6.45) is 1.14. The number of thioether (sulfide) groups is 1. The van der Waals surface area contributed by atoms with Gasteiger partial charge in [-0.1, -0.05) is 23.4 Å². The lowest BCUT2D eigenvalue weighted by Gasteiger charge is -2.05. The number of aromatic amines is 1. The molecule has 8 heteroatoms. The van der Waals surface area contributed by atoms with Crippen LogP contribution < -0.4 is 4.74 Å². The third-order valence-corrected chi connectivity index (χ3v) is 4.44. The number of benzene rings is 1. The predicted octanol–water partition coefficient (Wildman–Crippen LogP) is 3.78. The van der Waals surface area contributed by atoms with E-state index in [4.69, 9.17) is 21.1 Å². The highest BCUT2D eigenvalue weighted by Crippen LogP contribution is 2.22. The van der Waals surface area contributed by atoms with E-state index < -0.39 is 0 Å². The Bertz CT molecular complexity index is 678. The Kier molecular flexibility index (Phi) is 7.39. The zero-order valence-electron chi connectivity index (χ0n) is 13.7. The van der Waals surface area contributed by atoms with Crippen molar-refractivity contribution in [1.29, 1.82) is 0 Å². The van der Waals surface area contributed by atoms with Gasteiger partial charge in [-0.25, -0.2) is 4.98 Å². The van der Waals surface area contributed by atoms with Gasteiger partial charge in [0.1, 0.15) is 12.4 Å². The lowest BCUT2D eigenvalue weighted by Crippen LogP contribution is -2.03. The Morgan fingerprint density at radius 1 is 1.42 bits per heavy atom. The lowest BCUT2D eigenvalue weighted by atomic mass is 10.2. The van der Waals surface area contributed by atoms with E-state index in [9.17, 15) is 4.79 Å². The molecule has 2 rings (SSSR count). The van der Waals surface area contributed by atoms with Crippen LogP contribution in [0.15, 0.2) is 23.4 Å². The highest BCUT2D eigenvalue weighted by atomic mass is 35.5. The first kappa shape index (κ1) is 18.6. The number of H-pyrrole nitrogens is 1. The van der Waals surface area contributed by atoms with Crippen molar-refractivity contribution in [2.75, 3.05) is 12.4 Å². The molecule has 0 fully saturated rings. The Morgan fingerprint density at radius 3 is 3.00 bits per heavy atom. The summed E-state index contributed by atoms with van der Waals surface area (Å²) in [6.45, 7) is 4.45. The number of nitrogens with zero attached hydrogens (tertiary/aromatic N) is 2. The quantitative estimate of drug-likeness (QED) is 0.411. The first-order valence-electron chi connectivity index (χ1n) is 7.67. The van der Waals surface area contributed by atoms with E-state index in [1.807, 2.05) is 19.1 Å². The summed E-state index contributed by atoms with van der Waals surface area (Å²) in [6, 6.07) is 5.50. The van der Waals surface area contributed by atoms with Crippen molar-refractivity contribution in [1.82, 2.24) is 15.2 Å². The number of aryl methyl sites for hydroxylation is 1. The molecular weight excluding hydrogens is 350 g/mol. The Labute approximate surface area is 150 Å². The average molecular weight is 370 g/mol. The molecule has 0 aliphatic carbocycles. The van der Waals surface area contributed by atoms with Crippen LogP contribution in [0.4, 0.5) is 0 Å². The summed E-state index contributed by atoms with van der Waals surface area (Å²) in [4.78, 5) is 15.6. The molecule has 0 radical (unpaired) electrons. The second-order valence-corrected chi connectivity index (χ2v) is 6.49. The maximum absolute atomic E-state index is 11.2. The number of nitrogens with one attached hydrogen (secondary N) is 1. The summed E-state index contributed by atoms with van der Waals surface area (Å²) < 4.78 is 10.5. The minimum atomic E-state index is -0.166. The van der Waals surface area contributed by atoms with E-state index in [0.29, 0.717) is 35.6 Å². The van der Waals surface area contributed by atoms with Crippen LogP contribution in [0.5, 0.6) is 5.75 Å². The molecular formula is C16H20ClN3O3S. The molecule has 1 heterocycles. The maximum Gasteiger partial charge on any atom is 0.305 e. The smallest absolute Gasteiger partial charge is 0.305 e. The molecule has 6 nitrogen and oxygen atoms in total. The van der Waals surface area contributed by atoms with Gasteiger partial charge in [0.2, 0.25) is 5.16 Å². The molecule has 2 aromatic rings. The number of hydrogen-bond donors (Lipinski definition) is 1. The van der Waals surface area contributed by atoms with Gasteiger partial charge in [0.05, 0.1) is 6.61 Å². The zero-order valence-corrected chi connectivity index (χ0v) is 15.2. The van der Waals surface area contributed by atoms with Crippen LogP contribution in [0.1, 0.15) is 31.2 Å². The predicted molar refractivity (Wildman–Crippen MR) is 93.5 cm³/mol. The van der Waals surface area contributed by atoms with Gasteiger partial charge < -0.3 is 9.47 Å². The molecule has 0 saturated carbocycles. The van der Waals surface area contributed by atoms with Gasteiger partial charge in [0.25, 0.3) is 0 Å². The zero-order chi connectivity index (χ0) is 17.4. The average Bonchev–Trinajstić information content (AvgIpc) is 3.01. The second-order valence-electron chi connectivity index (χ2n) is 5.02. The molecule has 0 saturated heterocycles. The van der Waals surface area contributed by atoms with E-state index >= 15 is 0 Å². The van der Waals surface area contributed by atoms with Crippen LogP contribution in [0.25, 0.3) is 0 Å². The van der Waals surface area contributed by atoms with Gasteiger partial charge in [-0.3, -0.25) is 9.89 Å². The fourth-order valence-electron chi connectivity index (χ4n) is 1.88. The minimum absolute atomic E-state index is 0.166. The normalized spacial score (nSPS) is 10.6. The molecule has 0 spiro atoms. The van der Waals surface area contributed by atoms with Gasteiger partial charge in [-0.15, -0.1) is 5.10 Å². The monoisotopic (exact) mass is 369 g/mol. The molecule has 1 N–H and O–H groups in total. The highest BCUT2D eigenvalue weighted by Gasteiger charge is 2.07. The van der Waals surface area contributed by atoms with Crippen molar-refractivity contribution in [3.8, 4) is 5.75 Å². The largest absolute Gasteiger partial charge is 0.486 e. The standard InChI is InChI=1S/C16H20ClN3O3S/c1-3-22-15(21)5-4-8-24-16-18-14(19-20-16)10-23-12-6-7-13(17)11(2)9-12/h6-7,9H,3-5,8,10H2,1-2H3,(H,18,19,20). The lowest BCUT2D eigenvalue weighted by molar-refractivity contribution is -0.143. The number of ether oxygens (including phenoxy) is 2. The molecule has 0 aliphatic rings. The SMILES string of the molecule is CCOC(=O)CCCSc1n[nH]c(COc2ccc(Cl)c(C)c2)n1. The molecule has 1 aromatic heterocycles. The summed E-state index contributed by atoms with van der Waals surface area (Å²) in [7, 11) is 0. The van der Waals surface area contributed by atoms with Crippen LogP contribution in [0, 0.1) is 6.92 Å². The van der Waals surface area contributed by atoms with Crippen LogP contribution in [-0.4, -0.2) is 33.5 Å². The summed E-state index contributed by atoms with van der Waals surface area (Å²) in [5, 5.41) is 8.32. The molecule has 0 atom stereocenters. The van der Waals surface area contributed by atoms with E-state index in [2.05, 4.69) is 15.2 Å². The van der Waals surface area contributed by atoms with Gasteiger partial charge in [0, 0.05) is 17.2 Å². The Morgan fingerprint density at radius 2 is 2.25 bits per heavy atom. The summed E-state index contributed by atoms with van der Waals surface area (Å²) in [5.41, 5.74) is 0.963. The Hall–Kier alpha value is -1.73. The van der Waals surface area contributed by atoms with Crippen LogP contribution >= 0.6 is 23.4 Å². The second kappa shape index (κ2) is 9.54. The van der Waals surface area contributed by atoms with Crippen molar-refractivity contribution in [2.24, 2.45) is 0 Å². The Balaban J connectivity index is 1.72. The van der Waals surface area contributed by atoms with Gasteiger partial charge >= 0.3 is 5.97 Å². The molecule has 1 aromatic carbocycles. The maximum atomic E-state index is 11.2. The molecule has 24 heavy (non-hydrogen) atoms. The third-order valence-electron chi connectivity index (χ3n) is 3.08. The minimum Gasteiger partial charge on any atom is -0.486 e. The van der Waals surface area contributed by atoms with E-state index in [0.717, 1.165) is 23.5 Å². The van der Waals surface area contributed by atoms with E-state index in [1.165, 1.54) is 11.8 Å². The van der Waals surface area contributed by atoms with Crippen LogP contribution in [0.3, 0.4) is 0 Å². The number of aromatic nitrogens is 3. The number of halogens is 1. The van der Waals surface area contributed by atoms with Gasteiger partial charge in [0.15, 0.2) is 5.82 Å². The molecule has 130 valence electrons. The van der Waals surface area contributed by atoms with Crippen molar-refractivity contribution in [2.45, 2.75) is 38.5 Å². The molecule has 0 amide bonds. The molecule has 0 aliphatic heterocycles. The van der Waals surface area contributed by atoms with Crippen molar-refractivity contribution < 1.29 is 14.3 Å². The molecule has 0 unspecified atom stereocenters. The third kappa shape index (κ3) is 6.05. The number of carbonyl (C=O) groups excluding carboxylic acids is 1. The van der Waals surface area contributed by atoms with Gasteiger partial charge in [-0.2, -0.15) is 0 Å². The summed E-state index contributed by atoms with van der Waals surface area (Å²) >= 11 is 7.48. The number of esters is 1. The molecule has 0 bridgehead atoms. The summed E-state index contributed by atoms with van der Waals surface area (Å²) in [5.74, 6) is 1.97. The van der Waals surface area contributed by atoms with Crippen molar-refractivity contribution in [3.63, 3.8) is 0 Å². The highest BCUT2D eigenvalue weighted by molar-refractivity contribution is 7.99. The van der Waals surface area contributed by atoms with Crippen molar-refractivity contribution in [3.05, 3.63) is 34.6 Å². The van der Waals surface area contributed by atoms with Crippen molar-refractivity contribution >= 4 is 29.3 Å². The number of rotatable bonds is 9. The van der Waals surface area contributed by atoms with E-state index in [1.54, 1.807) is 13.0 Å². The van der Waals surface area contributed by atoms with Crippen LogP contribution in [-0.2, 0) is 16.1 Å². The number of hydrogen-bond acceptors (Lipinski definition) is 6.